The molecule has 2 rings (SSSR count). The second-order valence-electron chi connectivity index (χ2n) is 4.59. The second kappa shape index (κ2) is 5.58. The van der Waals surface area contributed by atoms with Gasteiger partial charge in [-0.15, -0.1) is 0 Å². The van der Waals surface area contributed by atoms with Crippen LogP contribution in [0.2, 0.25) is 0 Å². The van der Waals surface area contributed by atoms with E-state index in [0.29, 0.717) is 0 Å². The molecule has 2 N–H and O–H groups in total. The lowest BCUT2D eigenvalue weighted by atomic mass is 10.1. The average Bonchev–Trinajstić information content (AvgIpc) is 2.73. The van der Waals surface area contributed by atoms with Crippen LogP contribution < -0.4 is 5.32 Å². The highest BCUT2D eigenvalue weighted by Crippen LogP contribution is 2.17. The third-order valence-corrected chi connectivity index (χ3v) is 3.31. The molecule has 4 heteroatoms. The first-order chi connectivity index (χ1) is 8.19. The number of rotatable bonds is 4. The van der Waals surface area contributed by atoms with Crippen molar-refractivity contribution in [1.29, 1.82) is 0 Å². The Morgan fingerprint density at radius 1 is 1.47 bits per heavy atom. The van der Waals surface area contributed by atoms with Crippen molar-refractivity contribution >= 4 is 0 Å². The molecule has 1 aromatic carbocycles. The molecule has 2 atom stereocenters. The number of halogens is 1. The SMILES string of the molecule is CN[C@@H](CN1CC[C@@H](O)C1)c1ccc(F)cc1. The van der Waals surface area contributed by atoms with Gasteiger partial charge in [-0.3, -0.25) is 4.90 Å². The van der Waals surface area contributed by atoms with Crippen LogP contribution in [0.1, 0.15) is 18.0 Å². The molecular weight excluding hydrogens is 219 g/mol. The topological polar surface area (TPSA) is 35.5 Å². The highest BCUT2D eigenvalue weighted by Gasteiger charge is 2.22. The fraction of sp³-hybridized carbons (Fsp3) is 0.538. The summed E-state index contributed by atoms with van der Waals surface area (Å²) in [5, 5.41) is 12.7. The molecule has 0 amide bonds. The number of nitrogens with zero attached hydrogens (tertiary/aromatic N) is 1. The molecule has 0 aromatic heterocycles. The van der Waals surface area contributed by atoms with Crippen LogP contribution in [-0.4, -0.2) is 42.8 Å². The monoisotopic (exact) mass is 238 g/mol. The molecule has 1 aliphatic rings. The summed E-state index contributed by atoms with van der Waals surface area (Å²) < 4.78 is 12.8. The van der Waals surface area contributed by atoms with Gasteiger partial charge in [0.25, 0.3) is 0 Å². The van der Waals surface area contributed by atoms with Crippen LogP contribution in [0.4, 0.5) is 4.39 Å². The van der Waals surface area contributed by atoms with Crippen LogP contribution in [-0.2, 0) is 0 Å². The molecule has 1 heterocycles. The van der Waals surface area contributed by atoms with Crippen LogP contribution in [0.5, 0.6) is 0 Å². The zero-order valence-electron chi connectivity index (χ0n) is 10.1. The Hall–Kier alpha value is -0.970. The van der Waals surface area contributed by atoms with E-state index in [2.05, 4.69) is 10.2 Å². The zero-order chi connectivity index (χ0) is 12.3. The number of β-amino-alcohol motifs (C(OH)–C–C–N with tert-alkyl or cyclic N) is 1. The van der Waals surface area contributed by atoms with Gasteiger partial charge in [0.1, 0.15) is 5.82 Å². The van der Waals surface area contributed by atoms with Gasteiger partial charge in [0.15, 0.2) is 0 Å². The van der Waals surface area contributed by atoms with Gasteiger partial charge in [-0.1, -0.05) is 12.1 Å². The number of likely N-dealkylation sites (tertiary alicyclic amines) is 1. The minimum Gasteiger partial charge on any atom is -0.392 e. The molecule has 0 bridgehead atoms. The summed E-state index contributed by atoms with van der Waals surface area (Å²) in [4.78, 5) is 2.23. The fourth-order valence-electron chi connectivity index (χ4n) is 2.29. The maximum absolute atomic E-state index is 12.8. The number of hydrogen-bond donors (Lipinski definition) is 2. The van der Waals surface area contributed by atoms with E-state index in [9.17, 15) is 9.50 Å². The molecule has 94 valence electrons. The van der Waals surface area contributed by atoms with E-state index in [0.717, 1.165) is 31.6 Å². The summed E-state index contributed by atoms with van der Waals surface area (Å²) in [5.74, 6) is -0.208. The quantitative estimate of drug-likeness (QED) is 0.826. The van der Waals surface area contributed by atoms with Gasteiger partial charge in [-0.2, -0.15) is 0 Å². The highest BCUT2D eigenvalue weighted by atomic mass is 19.1. The van der Waals surface area contributed by atoms with Crippen molar-refractivity contribution in [3.63, 3.8) is 0 Å². The van der Waals surface area contributed by atoms with Crippen LogP contribution in [0.25, 0.3) is 0 Å². The Balaban J connectivity index is 1.98. The van der Waals surface area contributed by atoms with Crippen molar-refractivity contribution in [3.05, 3.63) is 35.6 Å². The number of aliphatic hydroxyl groups excluding tert-OH is 1. The van der Waals surface area contributed by atoms with Crippen LogP contribution in [0, 0.1) is 5.82 Å². The third kappa shape index (κ3) is 3.25. The molecule has 1 fully saturated rings. The molecule has 0 radical (unpaired) electrons. The predicted octanol–water partition coefficient (Wildman–Crippen LogP) is 1.15. The summed E-state index contributed by atoms with van der Waals surface area (Å²) in [6.07, 6.45) is 0.653. The van der Waals surface area contributed by atoms with Crippen molar-refractivity contribution in [1.82, 2.24) is 10.2 Å². The Morgan fingerprint density at radius 3 is 2.71 bits per heavy atom. The van der Waals surface area contributed by atoms with Gasteiger partial charge in [-0.25, -0.2) is 4.39 Å². The second-order valence-corrected chi connectivity index (χ2v) is 4.59. The lowest BCUT2D eigenvalue weighted by molar-refractivity contribution is 0.173. The summed E-state index contributed by atoms with van der Waals surface area (Å²) in [6.45, 7) is 2.51. The van der Waals surface area contributed by atoms with E-state index in [-0.39, 0.29) is 18.0 Å². The van der Waals surface area contributed by atoms with Crippen molar-refractivity contribution in [2.45, 2.75) is 18.6 Å². The molecule has 17 heavy (non-hydrogen) atoms. The maximum Gasteiger partial charge on any atom is 0.123 e. The van der Waals surface area contributed by atoms with Gasteiger partial charge in [0.2, 0.25) is 0 Å². The smallest absolute Gasteiger partial charge is 0.123 e. The van der Waals surface area contributed by atoms with E-state index in [1.807, 2.05) is 19.2 Å². The number of nitrogens with one attached hydrogen (secondary N) is 1. The lowest BCUT2D eigenvalue weighted by Crippen LogP contribution is -2.33. The van der Waals surface area contributed by atoms with Gasteiger partial charge in [-0.05, 0) is 31.2 Å². The number of likely N-dealkylation sites (N-methyl/N-ethyl adjacent to an activating group) is 1. The van der Waals surface area contributed by atoms with Gasteiger partial charge in [0.05, 0.1) is 6.10 Å². The Morgan fingerprint density at radius 2 is 2.18 bits per heavy atom. The zero-order valence-corrected chi connectivity index (χ0v) is 10.1. The van der Waals surface area contributed by atoms with Gasteiger partial charge < -0.3 is 10.4 Å². The molecule has 0 spiro atoms. The van der Waals surface area contributed by atoms with Crippen molar-refractivity contribution in [3.8, 4) is 0 Å². The van der Waals surface area contributed by atoms with Crippen LogP contribution >= 0.6 is 0 Å². The van der Waals surface area contributed by atoms with Crippen molar-refractivity contribution < 1.29 is 9.50 Å². The van der Waals surface area contributed by atoms with E-state index in [1.165, 1.54) is 12.1 Å². The highest BCUT2D eigenvalue weighted by molar-refractivity contribution is 5.20. The Labute approximate surface area is 101 Å². The minimum atomic E-state index is -0.208. The maximum atomic E-state index is 12.8. The largest absolute Gasteiger partial charge is 0.392 e. The Kier molecular flexibility index (Phi) is 4.10. The predicted molar refractivity (Wildman–Crippen MR) is 65.3 cm³/mol. The van der Waals surface area contributed by atoms with E-state index in [4.69, 9.17) is 0 Å². The molecule has 3 nitrogen and oxygen atoms in total. The fourth-order valence-corrected chi connectivity index (χ4v) is 2.29. The summed E-state index contributed by atoms with van der Waals surface area (Å²) in [6, 6.07) is 6.77. The van der Waals surface area contributed by atoms with Crippen molar-refractivity contribution in [2.75, 3.05) is 26.7 Å². The van der Waals surface area contributed by atoms with Crippen molar-refractivity contribution in [2.24, 2.45) is 0 Å². The standard InChI is InChI=1S/C13H19FN2O/c1-15-13(9-16-7-6-12(17)8-16)10-2-4-11(14)5-3-10/h2-5,12-13,15,17H,6-9H2,1H3/t12-,13+/m1/s1. The molecule has 1 aromatic rings. The lowest BCUT2D eigenvalue weighted by Gasteiger charge is -2.23. The molecule has 1 saturated heterocycles. The van der Waals surface area contributed by atoms with Gasteiger partial charge >= 0.3 is 0 Å². The molecular formula is C13H19FN2O. The number of benzene rings is 1. The number of hydrogen-bond acceptors (Lipinski definition) is 3. The third-order valence-electron chi connectivity index (χ3n) is 3.31. The first kappa shape index (κ1) is 12.5. The van der Waals surface area contributed by atoms with Gasteiger partial charge in [0, 0.05) is 25.7 Å². The van der Waals surface area contributed by atoms with E-state index < -0.39 is 0 Å². The first-order valence-electron chi connectivity index (χ1n) is 6.02. The van der Waals surface area contributed by atoms with E-state index >= 15 is 0 Å². The van der Waals surface area contributed by atoms with E-state index in [1.54, 1.807) is 0 Å². The molecule has 1 aliphatic heterocycles. The summed E-state index contributed by atoms with van der Waals surface area (Å²) in [7, 11) is 1.90. The normalized spacial score (nSPS) is 22.9. The number of aliphatic hydroxyl groups is 1. The summed E-state index contributed by atoms with van der Waals surface area (Å²) in [5.41, 5.74) is 1.08. The minimum absolute atomic E-state index is 0.181. The van der Waals surface area contributed by atoms with Crippen LogP contribution in [0.15, 0.2) is 24.3 Å². The molecule has 0 unspecified atom stereocenters. The Bertz CT molecular complexity index is 355. The first-order valence-corrected chi connectivity index (χ1v) is 6.02. The molecule has 0 saturated carbocycles. The molecule has 0 aliphatic carbocycles. The summed E-state index contributed by atoms with van der Waals surface area (Å²) >= 11 is 0. The average molecular weight is 238 g/mol. The van der Waals surface area contributed by atoms with Crippen LogP contribution in [0.3, 0.4) is 0 Å².